The Kier molecular flexibility index (Phi) is 2.69. The predicted molar refractivity (Wildman–Crippen MR) is 39.8 cm³/mol. The summed E-state index contributed by atoms with van der Waals surface area (Å²) in [5.74, 6) is 0.594. The van der Waals surface area contributed by atoms with Crippen LogP contribution in [-0.2, 0) is 4.74 Å². The molecule has 0 bridgehead atoms. The van der Waals surface area contributed by atoms with Crippen molar-refractivity contribution in [2.75, 3.05) is 6.61 Å². The molecular weight excluding hydrogens is 128 g/mol. The van der Waals surface area contributed by atoms with Crippen molar-refractivity contribution in [2.45, 2.75) is 38.9 Å². The van der Waals surface area contributed by atoms with Gasteiger partial charge in [0.15, 0.2) is 0 Å². The Balaban J connectivity index is 2.28. The summed E-state index contributed by atoms with van der Waals surface area (Å²) in [6.07, 6.45) is 2.65. The van der Waals surface area contributed by atoms with Crippen molar-refractivity contribution >= 4 is 0 Å². The van der Waals surface area contributed by atoms with Gasteiger partial charge in [-0.3, -0.25) is 0 Å². The fraction of sp³-hybridized carbons (Fsp3) is 1.00. The summed E-state index contributed by atoms with van der Waals surface area (Å²) in [7, 11) is 0. The molecule has 0 aromatic carbocycles. The normalized spacial score (nSPS) is 33.6. The van der Waals surface area contributed by atoms with Gasteiger partial charge in [0.1, 0.15) is 0 Å². The van der Waals surface area contributed by atoms with Crippen LogP contribution < -0.4 is 0 Å². The summed E-state index contributed by atoms with van der Waals surface area (Å²) in [5, 5.41) is 8.74. The van der Waals surface area contributed by atoms with E-state index in [4.69, 9.17) is 9.84 Å². The highest BCUT2D eigenvalue weighted by Gasteiger charge is 2.26. The van der Waals surface area contributed by atoms with Crippen LogP contribution in [0, 0.1) is 5.92 Å². The summed E-state index contributed by atoms with van der Waals surface area (Å²) in [6.45, 7) is 4.50. The van der Waals surface area contributed by atoms with E-state index in [1.54, 1.807) is 0 Å². The highest BCUT2D eigenvalue weighted by molar-refractivity contribution is 4.74. The second-order valence-electron chi connectivity index (χ2n) is 3.30. The van der Waals surface area contributed by atoms with E-state index in [-0.39, 0.29) is 12.7 Å². The average molecular weight is 144 g/mol. The highest BCUT2D eigenvalue weighted by atomic mass is 16.5. The van der Waals surface area contributed by atoms with Crippen LogP contribution in [0.25, 0.3) is 0 Å². The molecule has 10 heavy (non-hydrogen) atoms. The molecule has 1 saturated heterocycles. The maximum absolute atomic E-state index is 8.74. The fourth-order valence-electron chi connectivity index (χ4n) is 1.36. The lowest BCUT2D eigenvalue weighted by Crippen LogP contribution is -2.18. The van der Waals surface area contributed by atoms with Gasteiger partial charge in [0.2, 0.25) is 0 Å². The van der Waals surface area contributed by atoms with E-state index in [9.17, 15) is 0 Å². The van der Waals surface area contributed by atoms with Crippen molar-refractivity contribution in [1.82, 2.24) is 0 Å². The molecule has 2 atom stereocenters. The third-order valence-electron chi connectivity index (χ3n) is 2.09. The Morgan fingerprint density at radius 2 is 2.20 bits per heavy atom. The minimum absolute atomic E-state index is 0.118. The molecule has 0 amide bonds. The largest absolute Gasteiger partial charge is 0.394 e. The third kappa shape index (κ3) is 1.70. The van der Waals surface area contributed by atoms with Crippen molar-refractivity contribution in [3.05, 3.63) is 0 Å². The fourth-order valence-corrected chi connectivity index (χ4v) is 1.36. The van der Waals surface area contributed by atoms with E-state index in [1.807, 2.05) is 0 Å². The molecular formula is C8H16O2. The molecule has 1 aliphatic heterocycles. The summed E-state index contributed by atoms with van der Waals surface area (Å²) in [4.78, 5) is 0. The molecule has 0 spiro atoms. The standard InChI is InChI=1S/C8H16O2/c1-6(2)8-4-3-7(5-9)10-8/h6-9H,3-5H2,1-2H3/t7-,8-/m1/s1. The van der Waals surface area contributed by atoms with E-state index in [2.05, 4.69) is 13.8 Å². The van der Waals surface area contributed by atoms with Gasteiger partial charge in [-0.15, -0.1) is 0 Å². The van der Waals surface area contributed by atoms with Crippen LogP contribution in [-0.4, -0.2) is 23.9 Å². The van der Waals surface area contributed by atoms with Gasteiger partial charge in [-0.2, -0.15) is 0 Å². The number of hydrogen-bond acceptors (Lipinski definition) is 2. The van der Waals surface area contributed by atoms with Gasteiger partial charge in [0.05, 0.1) is 18.8 Å². The van der Waals surface area contributed by atoms with Crippen molar-refractivity contribution in [3.8, 4) is 0 Å². The molecule has 60 valence electrons. The number of hydrogen-bond donors (Lipinski definition) is 1. The number of aliphatic hydroxyl groups is 1. The first-order valence-corrected chi connectivity index (χ1v) is 4.00. The van der Waals surface area contributed by atoms with Crippen LogP contribution in [0.1, 0.15) is 26.7 Å². The molecule has 0 aromatic rings. The Hall–Kier alpha value is -0.0800. The van der Waals surface area contributed by atoms with Crippen LogP contribution >= 0.6 is 0 Å². The van der Waals surface area contributed by atoms with E-state index in [1.165, 1.54) is 0 Å². The molecule has 0 radical (unpaired) electrons. The van der Waals surface area contributed by atoms with Crippen molar-refractivity contribution in [1.29, 1.82) is 0 Å². The van der Waals surface area contributed by atoms with Crippen LogP contribution in [0.5, 0.6) is 0 Å². The summed E-state index contributed by atoms with van der Waals surface area (Å²) in [6, 6.07) is 0. The second-order valence-corrected chi connectivity index (χ2v) is 3.30. The molecule has 0 aliphatic carbocycles. The van der Waals surface area contributed by atoms with Gasteiger partial charge >= 0.3 is 0 Å². The van der Waals surface area contributed by atoms with E-state index in [0.717, 1.165) is 12.8 Å². The van der Waals surface area contributed by atoms with E-state index >= 15 is 0 Å². The first-order valence-electron chi connectivity index (χ1n) is 4.00. The van der Waals surface area contributed by atoms with Gasteiger partial charge in [-0.25, -0.2) is 0 Å². The van der Waals surface area contributed by atoms with Gasteiger partial charge in [0, 0.05) is 0 Å². The predicted octanol–water partition coefficient (Wildman–Crippen LogP) is 1.18. The lowest BCUT2D eigenvalue weighted by Gasteiger charge is -2.14. The summed E-state index contributed by atoms with van der Waals surface area (Å²) >= 11 is 0. The Morgan fingerprint density at radius 3 is 2.50 bits per heavy atom. The maximum atomic E-state index is 8.74. The zero-order valence-electron chi connectivity index (χ0n) is 6.71. The zero-order chi connectivity index (χ0) is 7.56. The molecule has 0 unspecified atom stereocenters. The van der Waals surface area contributed by atoms with E-state index < -0.39 is 0 Å². The summed E-state index contributed by atoms with van der Waals surface area (Å²) < 4.78 is 5.52. The lowest BCUT2D eigenvalue weighted by atomic mass is 10.0. The van der Waals surface area contributed by atoms with Crippen molar-refractivity contribution in [3.63, 3.8) is 0 Å². The average Bonchev–Trinajstić information content (AvgIpc) is 2.34. The van der Waals surface area contributed by atoms with Gasteiger partial charge < -0.3 is 9.84 Å². The molecule has 2 nitrogen and oxygen atoms in total. The summed E-state index contributed by atoms with van der Waals surface area (Å²) in [5.41, 5.74) is 0. The smallest absolute Gasteiger partial charge is 0.0810 e. The van der Waals surface area contributed by atoms with Gasteiger partial charge in [-0.1, -0.05) is 13.8 Å². The van der Waals surface area contributed by atoms with Crippen molar-refractivity contribution < 1.29 is 9.84 Å². The topological polar surface area (TPSA) is 29.5 Å². The lowest BCUT2D eigenvalue weighted by molar-refractivity contribution is -0.00740. The molecule has 1 aliphatic rings. The van der Waals surface area contributed by atoms with Crippen LogP contribution in [0.3, 0.4) is 0 Å². The van der Waals surface area contributed by atoms with Crippen LogP contribution in [0.4, 0.5) is 0 Å². The minimum atomic E-state index is 0.118. The molecule has 1 fully saturated rings. The quantitative estimate of drug-likeness (QED) is 0.630. The Labute approximate surface area is 62.2 Å². The SMILES string of the molecule is CC(C)[C@H]1CC[C@H](CO)O1. The first kappa shape index (κ1) is 8.02. The zero-order valence-corrected chi connectivity index (χ0v) is 6.71. The van der Waals surface area contributed by atoms with Crippen LogP contribution in [0.15, 0.2) is 0 Å². The maximum Gasteiger partial charge on any atom is 0.0810 e. The second kappa shape index (κ2) is 3.35. The minimum Gasteiger partial charge on any atom is -0.394 e. The van der Waals surface area contributed by atoms with E-state index in [0.29, 0.717) is 12.0 Å². The number of ether oxygens (including phenoxy) is 1. The highest BCUT2D eigenvalue weighted by Crippen LogP contribution is 2.24. The molecule has 0 aromatic heterocycles. The van der Waals surface area contributed by atoms with Gasteiger partial charge in [0.25, 0.3) is 0 Å². The number of rotatable bonds is 2. The van der Waals surface area contributed by atoms with Crippen molar-refractivity contribution in [2.24, 2.45) is 5.92 Å². The Morgan fingerprint density at radius 1 is 1.50 bits per heavy atom. The first-order chi connectivity index (χ1) is 4.74. The molecule has 1 rings (SSSR count). The Bertz CT molecular complexity index is 101. The molecule has 0 saturated carbocycles. The molecule has 1 N–H and O–H groups in total. The third-order valence-corrected chi connectivity index (χ3v) is 2.09. The molecule has 1 heterocycles. The molecule has 2 heteroatoms. The van der Waals surface area contributed by atoms with Gasteiger partial charge in [-0.05, 0) is 18.8 Å². The number of aliphatic hydroxyl groups excluding tert-OH is 1. The monoisotopic (exact) mass is 144 g/mol. The van der Waals surface area contributed by atoms with Crippen LogP contribution in [0.2, 0.25) is 0 Å².